The fourth-order valence-corrected chi connectivity index (χ4v) is 2.93. The van der Waals surface area contributed by atoms with Gasteiger partial charge >= 0.3 is 0 Å². The van der Waals surface area contributed by atoms with Crippen molar-refractivity contribution in [2.24, 2.45) is 0 Å². The van der Waals surface area contributed by atoms with Gasteiger partial charge in [0.05, 0.1) is 33.8 Å². The molecule has 0 unspecified atom stereocenters. The van der Waals surface area contributed by atoms with Crippen LogP contribution in [0, 0.1) is 0 Å². The lowest BCUT2D eigenvalue weighted by molar-refractivity contribution is 0.0925. The van der Waals surface area contributed by atoms with Crippen LogP contribution in [0.3, 0.4) is 0 Å². The number of nitrogens with zero attached hydrogens (tertiary/aromatic N) is 1. The van der Waals surface area contributed by atoms with E-state index in [4.69, 9.17) is 16.0 Å². The molecule has 1 aromatic heterocycles. The molecule has 0 radical (unpaired) electrons. The molecular formula is C19H11ClN2O4. The van der Waals surface area contributed by atoms with E-state index >= 15 is 0 Å². The van der Waals surface area contributed by atoms with Crippen LogP contribution in [0.15, 0.2) is 65.3 Å². The fourth-order valence-electron chi connectivity index (χ4n) is 2.76. The largest absolute Gasteiger partial charge is 0.459 e. The Labute approximate surface area is 153 Å². The minimum atomic E-state index is -0.489. The highest BCUT2D eigenvalue weighted by Crippen LogP contribution is 2.33. The minimum absolute atomic E-state index is 0.118. The maximum Gasteiger partial charge on any atom is 0.291 e. The number of hydrogen-bond donors (Lipinski definition) is 1. The summed E-state index contributed by atoms with van der Waals surface area (Å²) in [6, 6.07) is 14.2. The van der Waals surface area contributed by atoms with Crippen LogP contribution in [-0.2, 0) is 0 Å². The van der Waals surface area contributed by atoms with Crippen LogP contribution in [0.1, 0.15) is 31.3 Å². The summed E-state index contributed by atoms with van der Waals surface area (Å²) in [7, 11) is 0. The third-order valence-corrected chi connectivity index (χ3v) is 4.32. The molecule has 2 heterocycles. The summed E-state index contributed by atoms with van der Waals surface area (Å²) in [5.41, 5.74) is 1.26. The number of imide groups is 1. The predicted octanol–water partition coefficient (Wildman–Crippen LogP) is 3.99. The molecule has 0 saturated carbocycles. The van der Waals surface area contributed by atoms with E-state index < -0.39 is 17.7 Å². The standard InChI is InChI=1S/C19H11ClN2O4/c20-14-8-7-11(10-15(14)21-17(23)16-6-3-9-26-16)22-18(24)12-4-1-2-5-13(12)19(22)25/h1-10H,(H,21,23). The SMILES string of the molecule is O=C(Nc1cc(N2C(=O)c3ccccc3C2=O)ccc1Cl)c1ccco1. The second-order valence-electron chi connectivity index (χ2n) is 5.59. The van der Waals surface area contributed by atoms with E-state index in [1.807, 2.05) is 0 Å². The smallest absolute Gasteiger partial charge is 0.291 e. The van der Waals surface area contributed by atoms with Crippen LogP contribution in [0.2, 0.25) is 5.02 Å². The summed E-state index contributed by atoms with van der Waals surface area (Å²) in [6.07, 6.45) is 1.38. The van der Waals surface area contributed by atoms with Gasteiger partial charge in [0.2, 0.25) is 0 Å². The van der Waals surface area contributed by atoms with Crippen LogP contribution in [0.25, 0.3) is 0 Å². The second kappa shape index (κ2) is 6.16. The van der Waals surface area contributed by atoms with Gasteiger partial charge in [0.15, 0.2) is 5.76 Å². The van der Waals surface area contributed by atoms with Gasteiger partial charge in [-0.2, -0.15) is 0 Å². The Morgan fingerprint density at radius 1 is 0.962 bits per heavy atom. The Kier molecular flexibility index (Phi) is 3.82. The van der Waals surface area contributed by atoms with E-state index in [0.717, 1.165) is 4.90 Å². The topological polar surface area (TPSA) is 79.6 Å². The van der Waals surface area contributed by atoms with Gasteiger partial charge in [-0.1, -0.05) is 23.7 Å². The first-order valence-electron chi connectivity index (χ1n) is 7.68. The first-order chi connectivity index (χ1) is 12.6. The van der Waals surface area contributed by atoms with Gasteiger partial charge in [0, 0.05) is 0 Å². The zero-order valence-electron chi connectivity index (χ0n) is 13.2. The summed E-state index contributed by atoms with van der Waals surface area (Å²) in [6.45, 7) is 0. The third-order valence-electron chi connectivity index (χ3n) is 4.00. The zero-order valence-corrected chi connectivity index (χ0v) is 14.0. The van der Waals surface area contributed by atoms with Gasteiger partial charge < -0.3 is 9.73 Å². The maximum absolute atomic E-state index is 12.6. The highest BCUT2D eigenvalue weighted by Gasteiger charge is 2.36. The van der Waals surface area contributed by atoms with Gasteiger partial charge in [0.1, 0.15) is 0 Å². The molecule has 3 amide bonds. The molecule has 1 N–H and O–H groups in total. The summed E-state index contributed by atoms with van der Waals surface area (Å²) >= 11 is 6.14. The molecule has 3 aromatic rings. The molecule has 2 aromatic carbocycles. The molecule has 0 aliphatic carbocycles. The molecule has 0 saturated heterocycles. The van der Waals surface area contributed by atoms with Crippen molar-refractivity contribution >= 4 is 40.7 Å². The molecule has 1 aliphatic rings. The summed E-state index contributed by atoms with van der Waals surface area (Å²) in [4.78, 5) is 38.4. The number of furan rings is 1. The Balaban J connectivity index is 1.68. The normalized spacial score (nSPS) is 13.0. The number of carbonyl (C=O) groups is 3. The lowest BCUT2D eigenvalue weighted by Crippen LogP contribution is -2.29. The second-order valence-corrected chi connectivity index (χ2v) is 5.99. The number of nitrogens with one attached hydrogen (secondary N) is 1. The van der Waals surface area contributed by atoms with Gasteiger partial charge in [0.25, 0.3) is 17.7 Å². The van der Waals surface area contributed by atoms with E-state index in [9.17, 15) is 14.4 Å². The number of anilines is 2. The van der Waals surface area contributed by atoms with Crippen LogP contribution in [-0.4, -0.2) is 17.7 Å². The van der Waals surface area contributed by atoms with Crippen molar-refractivity contribution in [3.63, 3.8) is 0 Å². The minimum Gasteiger partial charge on any atom is -0.459 e. The lowest BCUT2D eigenvalue weighted by Gasteiger charge is -2.16. The Bertz CT molecular complexity index is 1010. The molecule has 0 fully saturated rings. The summed E-state index contributed by atoms with van der Waals surface area (Å²) in [5.74, 6) is -1.21. The number of rotatable bonds is 3. The number of amides is 3. The molecule has 0 atom stereocenters. The first kappa shape index (κ1) is 16.1. The van der Waals surface area contributed by atoms with Crippen molar-refractivity contribution in [1.29, 1.82) is 0 Å². The van der Waals surface area contributed by atoms with Crippen molar-refractivity contribution in [2.75, 3.05) is 10.2 Å². The van der Waals surface area contributed by atoms with Gasteiger partial charge in [-0.3, -0.25) is 14.4 Å². The number of hydrogen-bond acceptors (Lipinski definition) is 4. The van der Waals surface area contributed by atoms with Crippen molar-refractivity contribution < 1.29 is 18.8 Å². The first-order valence-corrected chi connectivity index (χ1v) is 8.06. The molecule has 128 valence electrons. The highest BCUT2D eigenvalue weighted by atomic mass is 35.5. The zero-order chi connectivity index (χ0) is 18.3. The van der Waals surface area contributed by atoms with Gasteiger partial charge in [-0.25, -0.2) is 4.90 Å². The Morgan fingerprint density at radius 3 is 2.27 bits per heavy atom. The molecule has 6 nitrogen and oxygen atoms in total. The monoisotopic (exact) mass is 366 g/mol. The molecule has 0 spiro atoms. The number of benzene rings is 2. The maximum atomic E-state index is 12.6. The van der Waals surface area contributed by atoms with Crippen LogP contribution >= 0.6 is 11.6 Å². The van der Waals surface area contributed by atoms with E-state index in [2.05, 4.69) is 5.32 Å². The fraction of sp³-hybridized carbons (Fsp3) is 0. The lowest BCUT2D eigenvalue weighted by atomic mass is 10.1. The van der Waals surface area contributed by atoms with Crippen LogP contribution in [0.4, 0.5) is 11.4 Å². The number of carbonyl (C=O) groups excluding carboxylic acids is 3. The number of halogens is 1. The Morgan fingerprint density at radius 2 is 1.65 bits per heavy atom. The average Bonchev–Trinajstić information content (AvgIpc) is 3.26. The van der Waals surface area contributed by atoms with E-state index in [-0.39, 0.29) is 16.5 Å². The predicted molar refractivity (Wildman–Crippen MR) is 95.7 cm³/mol. The molecule has 7 heteroatoms. The van der Waals surface area contributed by atoms with E-state index in [1.54, 1.807) is 36.4 Å². The van der Waals surface area contributed by atoms with Crippen molar-refractivity contribution in [1.82, 2.24) is 0 Å². The van der Waals surface area contributed by atoms with Crippen molar-refractivity contribution in [3.05, 3.63) is 82.8 Å². The Hall–Kier alpha value is -3.38. The van der Waals surface area contributed by atoms with Crippen LogP contribution in [0.5, 0.6) is 0 Å². The van der Waals surface area contributed by atoms with Crippen molar-refractivity contribution in [2.45, 2.75) is 0 Å². The molecule has 26 heavy (non-hydrogen) atoms. The van der Waals surface area contributed by atoms with Gasteiger partial charge in [-0.05, 0) is 42.5 Å². The molecule has 0 bridgehead atoms. The molecule has 4 rings (SSSR count). The van der Waals surface area contributed by atoms with Crippen molar-refractivity contribution in [3.8, 4) is 0 Å². The number of fused-ring (bicyclic) bond motifs is 1. The quantitative estimate of drug-likeness (QED) is 0.711. The molecule has 1 aliphatic heterocycles. The van der Waals surface area contributed by atoms with Gasteiger partial charge in [-0.15, -0.1) is 0 Å². The molecular weight excluding hydrogens is 356 g/mol. The summed E-state index contributed by atoms with van der Waals surface area (Å²) in [5, 5.41) is 2.88. The third kappa shape index (κ3) is 2.57. The van der Waals surface area contributed by atoms with E-state index in [1.165, 1.54) is 24.5 Å². The average molecular weight is 367 g/mol. The highest BCUT2D eigenvalue weighted by molar-refractivity contribution is 6.36. The van der Waals surface area contributed by atoms with Crippen LogP contribution < -0.4 is 10.2 Å². The van der Waals surface area contributed by atoms with E-state index in [0.29, 0.717) is 16.8 Å². The summed E-state index contributed by atoms with van der Waals surface area (Å²) < 4.78 is 5.04.